The van der Waals surface area contributed by atoms with E-state index in [0.29, 0.717) is 0 Å². The van der Waals surface area contributed by atoms with Gasteiger partial charge in [-0.15, -0.1) is 0 Å². The molecule has 0 unspecified atom stereocenters. The molecule has 0 aromatic rings. The Labute approximate surface area is 89.9 Å². The summed E-state index contributed by atoms with van der Waals surface area (Å²) in [6.07, 6.45) is -2.81. The van der Waals surface area contributed by atoms with Crippen LogP contribution in [0.2, 0.25) is 0 Å². The predicted octanol–water partition coefficient (Wildman–Crippen LogP) is -2.24. The van der Waals surface area contributed by atoms with Gasteiger partial charge in [-0.2, -0.15) is 0 Å². The van der Waals surface area contributed by atoms with Crippen molar-refractivity contribution in [1.82, 2.24) is 0 Å². The molecule has 0 saturated carbocycles. The van der Waals surface area contributed by atoms with Crippen LogP contribution in [0.1, 0.15) is 2.85 Å². The van der Waals surface area contributed by atoms with Crippen LogP contribution < -0.4 is 0 Å². The van der Waals surface area contributed by atoms with Crippen molar-refractivity contribution in [2.45, 2.75) is 0 Å². The molecule has 0 aromatic carbocycles. The minimum absolute atomic E-state index is 0. The van der Waals surface area contributed by atoms with E-state index < -0.39 is 12.3 Å². The molecule has 0 heterocycles. The van der Waals surface area contributed by atoms with Crippen LogP contribution in [0.5, 0.6) is 0 Å². The van der Waals surface area contributed by atoms with Gasteiger partial charge in [0.15, 0.2) is 17.4 Å². The third-order valence-electron chi connectivity index (χ3n) is 0.337. The van der Waals surface area contributed by atoms with Gasteiger partial charge in [0.1, 0.15) is 0 Å². The molecule has 0 bridgehead atoms. The van der Waals surface area contributed by atoms with Crippen LogP contribution in [0.3, 0.4) is 0 Å². The smallest absolute Gasteiger partial charge is 1.00 e. The van der Waals surface area contributed by atoms with Crippen molar-refractivity contribution in [3.8, 4) is 0 Å². The number of hydrogen-bond acceptors (Lipinski definition) is 4. The fourth-order valence-corrected chi connectivity index (χ4v) is 0.196. The summed E-state index contributed by atoms with van der Waals surface area (Å²) in [6.45, 7) is 0. The first-order valence-electron chi connectivity index (χ1n) is 1.65. The van der Waals surface area contributed by atoms with E-state index in [9.17, 15) is 9.59 Å². The fourth-order valence-electron chi connectivity index (χ4n) is 0.113. The van der Waals surface area contributed by atoms with Crippen LogP contribution in [-0.2, 0) is 9.16 Å². The van der Waals surface area contributed by atoms with Crippen molar-refractivity contribution in [3.63, 3.8) is 0 Å². The molecule has 0 aliphatic carbocycles. The van der Waals surface area contributed by atoms with Gasteiger partial charge in [0.25, 0.3) is 0 Å². The Morgan fingerprint density at radius 3 is 2.00 bits per heavy atom. The monoisotopic (exact) mass is 192 g/mol. The Bertz CT molecular complexity index is 126. The molecular weight excluding hydrogens is 183 g/mol. The first kappa shape index (κ1) is 16.7. The summed E-state index contributed by atoms with van der Waals surface area (Å²) < 4.78 is 7.45. The van der Waals surface area contributed by atoms with E-state index in [1.807, 2.05) is 0 Å². The van der Waals surface area contributed by atoms with Crippen LogP contribution in [0, 0.1) is 0 Å². The first-order valence-corrected chi connectivity index (χ1v) is 2.47. The summed E-state index contributed by atoms with van der Waals surface area (Å²) in [7, 11) is 0.140. The normalized spacial score (nSPS) is 6.40. The maximum Gasteiger partial charge on any atom is 2.00 e. The van der Waals surface area contributed by atoms with Gasteiger partial charge < -0.3 is 17.1 Å². The van der Waals surface area contributed by atoms with Crippen LogP contribution in [0.4, 0.5) is 9.59 Å². The van der Waals surface area contributed by atoms with E-state index in [-0.39, 0.29) is 53.8 Å². The Morgan fingerprint density at radius 1 is 1.50 bits per heavy atom. The zero-order chi connectivity index (χ0) is 6.57. The first-order chi connectivity index (χ1) is 3.66. The van der Waals surface area contributed by atoms with Crippen molar-refractivity contribution in [1.29, 1.82) is 0 Å². The maximum atomic E-state index is 9.83. The van der Waals surface area contributed by atoms with Crippen molar-refractivity contribution in [3.05, 3.63) is 0 Å². The molecule has 0 radical (unpaired) electrons. The Kier molecular flexibility index (Phi) is 15.4. The van der Waals surface area contributed by atoms with Crippen LogP contribution >= 0.6 is 0 Å². The van der Waals surface area contributed by atoms with Crippen LogP contribution in [-0.4, -0.2) is 68.3 Å². The van der Waals surface area contributed by atoms with E-state index in [0.717, 1.165) is 0 Å². The second-order valence-electron chi connectivity index (χ2n) is 0.822. The second-order valence-corrected chi connectivity index (χ2v) is 1.23. The van der Waals surface area contributed by atoms with Crippen LogP contribution in [0.25, 0.3) is 0 Å². The van der Waals surface area contributed by atoms with E-state index >= 15 is 0 Å². The van der Waals surface area contributed by atoms with E-state index in [4.69, 9.17) is 5.11 Å². The summed E-state index contributed by atoms with van der Waals surface area (Å²) in [5.41, 5.74) is 0. The molecule has 5 nitrogen and oxygen atoms in total. The molecule has 0 aromatic heterocycles. The van der Waals surface area contributed by atoms with Crippen molar-refractivity contribution < 1.29 is 26.7 Å². The Hall–Kier alpha value is 0.256. The second kappa shape index (κ2) is 9.26. The molecule has 0 rings (SSSR count). The number of carboxylic acid groups (broad SMARTS) is 1. The summed E-state index contributed by atoms with van der Waals surface area (Å²) in [5, 5.41) is 7.71. The van der Waals surface area contributed by atoms with E-state index in [1.165, 1.54) is 0 Å². The number of ether oxygens (including phenoxy) is 1. The molecule has 0 aliphatic heterocycles. The van der Waals surface area contributed by atoms with Gasteiger partial charge in [-0.3, -0.25) is 0 Å². The van der Waals surface area contributed by atoms with Gasteiger partial charge in [-0.25, -0.2) is 9.59 Å². The molecule has 0 saturated heterocycles. The average molecular weight is 192 g/mol. The Balaban J connectivity index is -0.0000000408. The topological polar surface area (TPSA) is 72.8 Å². The summed E-state index contributed by atoms with van der Waals surface area (Å²) in [6, 6.07) is 0. The number of hydrogen-bond donors (Lipinski definition) is 1. The molecule has 8 heteroatoms. The van der Waals surface area contributed by atoms with Crippen molar-refractivity contribution in [2.75, 3.05) is 0 Å². The molecule has 0 spiro atoms. The summed E-state index contributed by atoms with van der Waals surface area (Å²) in [4.78, 5) is 19.3. The van der Waals surface area contributed by atoms with Gasteiger partial charge in [0, 0.05) is 0 Å². The standard InChI is InChI=1S/C2H4O5Si.Al.Mg.5H/c3-1(4)6-2(5)7-8;;;;;;;/h8H3,(H,3,4);;;;;;;/q;;+2;;;;2*-1. The maximum absolute atomic E-state index is 9.83. The van der Waals surface area contributed by atoms with Gasteiger partial charge >= 0.3 is 35.4 Å². The van der Waals surface area contributed by atoms with Gasteiger partial charge in [0.2, 0.25) is 10.5 Å². The summed E-state index contributed by atoms with van der Waals surface area (Å²) >= 11 is 0. The van der Waals surface area contributed by atoms with Crippen molar-refractivity contribution in [2.24, 2.45) is 0 Å². The fraction of sp³-hybridized carbons (Fsp3) is 0. The Morgan fingerprint density at radius 2 is 1.90 bits per heavy atom. The molecule has 0 fully saturated rings. The minimum Gasteiger partial charge on any atom is -1.00 e. The third-order valence-corrected chi connectivity index (χ3v) is 0.671. The van der Waals surface area contributed by atoms with E-state index in [1.54, 1.807) is 0 Å². The quantitative estimate of drug-likeness (QED) is 0.267. The molecule has 0 aliphatic rings. The summed E-state index contributed by atoms with van der Waals surface area (Å²) in [5.74, 6) is 0. The molecule has 0 amide bonds. The molecule has 56 valence electrons. The van der Waals surface area contributed by atoms with Gasteiger partial charge in [-0.05, 0) is 0 Å². The molecule has 1 N–H and O–H groups in total. The largest absolute Gasteiger partial charge is 2.00 e. The molecule has 10 heavy (non-hydrogen) atoms. The minimum atomic E-state index is -1.65. The molecular formula is C2H9AlMgO5Si. The zero-order valence-corrected chi connectivity index (χ0v) is 8.20. The van der Waals surface area contributed by atoms with E-state index in [2.05, 4.69) is 9.16 Å². The third kappa shape index (κ3) is 11.1. The number of carbonyl (C=O) groups is 2. The predicted molar refractivity (Wildman–Crippen MR) is 43.4 cm³/mol. The van der Waals surface area contributed by atoms with Gasteiger partial charge in [-0.1, -0.05) is 0 Å². The van der Waals surface area contributed by atoms with Gasteiger partial charge in [0.05, 0.1) is 0 Å². The van der Waals surface area contributed by atoms with Crippen molar-refractivity contribution >= 4 is 63.2 Å². The average Bonchev–Trinajstić information content (AvgIpc) is 1.65. The van der Waals surface area contributed by atoms with Crippen LogP contribution in [0.15, 0.2) is 0 Å². The molecule has 0 atom stereocenters. The number of carbonyl (C=O) groups excluding carboxylic acids is 1. The SMILES string of the molecule is O=C(O)OC(=O)O[SiH3].[AlH3].[H-].[H-].[Mg+2]. The number of rotatable bonds is 0. The zero-order valence-electron chi connectivity index (χ0n) is 6.79.